The molecule has 0 atom stereocenters. The second kappa shape index (κ2) is 8.84. The van der Waals surface area contributed by atoms with E-state index in [1.807, 2.05) is 0 Å². The Morgan fingerprint density at radius 3 is 2.35 bits per heavy atom. The number of benzene rings is 1. The number of likely N-dealkylation sites (tertiary alicyclic amines) is 1. The average molecular weight is 370 g/mol. The van der Waals surface area contributed by atoms with Crippen molar-refractivity contribution in [3.8, 4) is 0 Å². The molecule has 0 bridgehead atoms. The van der Waals surface area contributed by atoms with Crippen LogP contribution in [0.3, 0.4) is 0 Å². The van der Waals surface area contributed by atoms with Gasteiger partial charge < -0.3 is 10.1 Å². The molecule has 0 aromatic heterocycles. The maximum absolute atomic E-state index is 12.6. The number of carbonyl (C=O) groups is 2. The lowest BCUT2D eigenvalue weighted by Crippen LogP contribution is -2.33. The molecule has 8 heteroatoms. The van der Waals surface area contributed by atoms with Gasteiger partial charge in [0.2, 0.25) is 6.41 Å². The Balaban J connectivity index is 1.98. The number of esters is 1. The van der Waals surface area contributed by atoms with Crippen molar-refractivity contribution < 1.29 is 27.5 Å². The van der Waals surface area contributed by atoms with E-state index < -0.39 is 17.7 Å². The molecule has 0 saturated carbocycles. The summed E-state index contributed by atoms with van der Waals surface area (Å²) >= 11 is 0. The lowest BCUT2D eigenvalue weighted by atomic mass is 10.0. The third kappa shape index (κ3) is 5.32. The number of nitrogens with zero attached hydrogens (tertiary/aromatic N) is 1. The summed E-state index contributed by atoms with van der Waals surface area (Å²) in [4.78, 5) is 24.7. The van der Waals surface area contributed by atoms with E-state index in [2.05, 4.69) is 10.2 Å². The van der Waals surface area contributed by atoms with Crippen LogP contribution in [0.2, 0.25) is 0 Å². The van der Waals surface area contributed by atoms with Gasteiger partial charge in [-0.05, 0) is 43.0 Å². The molecular weight excluding hydrogens is 349 g/mol. The first-order valence-corrected chi connectivity index (χ1v) is 8.33. The van der Waals surface area contributed by atoms with E-state index in [-0.39, 0.29) is 12.3 Å². The van der Waals surface area contributed by atoms with Crippen molar-refractivity contribution in [1.29, 1.82) is 0 Å². The summed E-state index contributed by atoms with van der Waals surface area (Å²) in [6, 6.07) is 5.12. The number of carbonyl (C=O) groups excluding carboxylic acids is 2. The molecule has 2 rings (SSSR count). The van der Waals surface area contributed by atoms with Crippen LogP contribution in [0.1, 0.15) is 30.9 Å². The second-order valence-electron chi connectivity index (χ2n) is 5.93. The van der Waals surface area contributed by atoms with Crippen LogP contribution in [-0.4, -0.2) is 37.0 Å². The van der Waals surface area contributed by atoms with E-state index in [1.165, 1.54) is 12.1 Å². The highest BCUT2D eigenvalue weighted by atomic mass is 19.4. The summed E-state index contributed by atoms with van der Waals surface area (Å²) in [5, 5.41) is 2.42. The van der Waals surface area contributed by atoms with E-state index in [1.54, 1.807) is 6.92 Å². The molecule has 5 nitrogen and oxygen atoms in total. The SMILES string of the molecule is CCOC(=O)C(NC=O)=C1CCN(Cc2ccc(C(F)(F)F)cc2)CC1. The smallest absolute Gasteiger partial charge is 0.416 e. The van der Waals surface area contributed by atoms with Crippen molar-refractivity contribution in [3.63, 3.8) is 0 Å². The fourth-order valence-corrected chi connectivity index (χ4v) is 2.86. The Morgan fingerprint density at radius 1 is 1.23 bits per heavy atom. The minimum Gasteiger partial charge on any atom is -0.461 e. The van der Waals surface area contributed by atoms with Crippen LogP contribution in [0.4, 0.5) is 13.2 Å². The Bertz CT molecular complexity index is 659. The number of rotatable bonds is 6. The predicted molar refractivity (Wildman–Crippen MR) is 88.8 cm³/mol. The number of halogens is 3. The van der Waals surface area contributed by atoms with E-state index >= 15 is 0 Å². The first-order valence-electron chi connectivity index (χ1n) is 8.33. The van der Waals surface area contributed by atoms with Crippen molar-refractivity contribution in [2.45, 2.75) is 32.5 Å². The third-order valence-corrected chi connectivity index (χ3v) is 4.18. The van der Waals surface area contributed by atoms with Crippen LogP contribution in [-0.2, 0) is 27.0 Å². The quantitative estimate of drug-likeness (QED) is 0.475. The number of hydrogen-bond acceptors (Lipinski definition) is 4. The van der Waals surface area contributed by atoms with Crippen molar-refractivity contribution in [3.05, 3.63) is 46.7 Å². The summed E-state index contributed by atoms with van der Waals surface area (Å²) < 4.78 is 42.7. The van der Waals surface area contributed by atoms with Gasteiger partial charge in [0.05, 0.1) is 12.2 Å². The Morgan fingerprint density at radius 2 is 1.85 bits per heavy atom. The minimum absolute atomic E-state index is 0.191. The van der Waals surface area contributed by atoms with Crippen LogP contribution in [0.25, 0.3) is 0 Å². The second-order valence-corrected chi connectivity index (χ2v) is 5.93. The van der Waals surface area contributed by atoms with Gasteiger partial charge in [-0.3, -0.25) is 9.69 Å². The van der Waals surface area contributed by atoms with E-state index in [9.17, 15) is 22.8 Å². The minimum atomic E-state index is -4.33. The lowest BCUT2D eigenvalue weighted by Gasteiger charge is -2.29. The van der Waals surface area contributed by atoms with Gasteiger partial charge in [0.15, 0.2) is 0 Å². The van der Waals surface area contributed by atoms with Gasteiger partial charge in [0.25, 0.3) is 0 Å². The fraction of sp³-hybridized carbons (Fsp3) is 0.444. The van der Waals surface area contributed by atoms with Gasteiger partial charge in [-0.25, -0.2) is 4.79 Å². The highest BCUT2D eigenvalue weighted by Crippen LogP contribution is 2.29. The molecule has 1 aromatic carbocycles. The molecule has 1 saturated heterocycles. The highest BCUT2D eigenvalue weighted by Gasteiger charge is 2.30. The maximum atomic E-state index is 12.6. The first-order chi connectivity index (χ1) is 12.3. The topological polar surface area (TPSA) is 58.6 Å². The van der Waals surface area contributed by atoms with Crippen molar-refractivity contribution in [2.75, 3.05) is 19.7 Å². The number of nitrogens with one attached hydrogen (secondary N) is 1. The lowest BCUT2D eigenvalue weighted by molar-refractivity contribution is -0.139. The summed E-state index contributed by atoms with van der Waals surface area (Å²) in [6.45, 7) is 3.71. The first kappa shape index (κ1) is 20.0. The zero-order chi connectivity index (χ0) is 19.2. The standard InChI is InChI=1S/C18H21F3N2O3/c1-2-26-17(25)16(22-12-24)14-7-9-23(10-8-14)11-13-3-5-15(6-4-13)18(19,20)21/h3-6,12H,2,7-11H2,1H3,(H,22,24). The Kier molecular flexibility index (Phi) is 6.79. The molecule has 1 aromatic rings. The Hall–Kier alpha value is -2.35. The molecule has 1 fully saturated rings. The van der Waals surface area contributed by atoms with Gasteiger partial charge in [-0.2, -0.15) is 13.2 Å². The zero-order valence-electron chi connectivity index (χ0n) is 14.4. The van der Waals surface area contributed by atoms with Gasteiger partial charge in [-0.15, -0.1) is 0 Å². The molecule has 1 amide bonds. The number of hydrogen-bond donors (Lipinski definition) is 1. The van der Waals surface area contributed by atoms with Crippen LogP contribution in [0, 0.1) is 0 Å². The monoisotopic (exact) mass is 370 g/mol. The molecule has 142 valence electrons. The molecule has 26 heavy (non-hydrogen) atoms. The normalized spacial score (nSPS) is 15.5. The fourth-order valence-electron chi connectivity index (χ4n) is 2.86. The molecule has 1 N–H and O–H groups in total. The highest BCUT2D eigenvalue weighted by molar-refractivity contribution is 5.91. The molecular formula is C18H21F3N2O3. The van der Waals surface area contributed by atoms with Gasteiger partial charge in [0, 0.05) is 19.6 Å². The van der Waals surface area contributed by atoms with Crippen molar-refractivity contribution in [2.24, 2.45) is 0 Å². The van der Waals surface area contributed by atoms with E-state index in [0.717, 1.165) is 23.3 Å². The third-order valence-electron chi connectivity index (χ3n) is 4.18. The zero-order valence-corrected chi connectivity index (χ0v) is 14.4. The summed E-state index contributed by atoms with van der Waals surface area (Å²) in [7, 11) is 0. The van der Waals surface area contributed by atoms with Crippen LogP contribution in [0.15, 0.2) is 35.5 Å². The molecule has 1 aliphatic rings. The maximum Gasteiger partial charge on any atom is 0.416 e. The summed E-state index contributed by atoms with van der Waals surface area (Å²) in [5.74, 6) is -0.550. The summed E-state index contributed by atoms with van der Waals surface area (Å²) in [5.41, 5.74) is 1.14. The van der Waals surface area contributed by atoms with E-state index in [0.29, 0.717) is 38.9 Å². The molecule has 0 aliphatic carbocycles. The molecule has 1 aliphatic heterocycles. The average Bonchev–Trinajstić information content (AvgIpc) is 2.60. The van der Waals surface area contributed by atoms with Gasteiger partial charge >= 0.3 is 12.1 Å². The summed E-state index contributed by atoms with van der Waals surface area (Å²) in [6.07, 6.45) is -2.72. The molecule has 1 heterocycles. The molecule has 0 radical (unpaired) electrons. The Labute approximate surface area is 149 Å². The largest absolute Gasteiger partial charge is 0.461 e. The van der Waals surface area contributed by atoms with Gasteiger partial charge in [0.1, 0.15) is 5.70 Å². The number of piperidine rings is 1. The van der Waals surface area contributed by atoms with Crippen molar-refractivity contribution in [1.82, 2.24) is 10.2 Å². The molecule has 0 unspecified atom stereocenters. The van der Waals surface area contributed by atoms with Crippen LogP contribution < -0.4 is 5.32 Å². The van der Waals surface area contributed by atoms with Crippen molar-refractivity contribution >= 4 is 12.4 Å². The van der Waals surface area contributed by atoms with Crippen LogP contribution in [0.5, 0.6) is 0 Å². The number of alkyl halides is 3. The van der Waals surface area contributed by atoms with Crippen LogP contribution >= 0.6 is 0 Å². The van der Waals surface area contributed by atoms with E-state index in [4.69, 9.17) is 4.74 Å². The predicted octanol–water partition coefficient (Wildman–Crippen LogP) is 2.86. The number of ether oxygens (including phenoxy) is 1. The molecule has 0 spiro atoms. The van der Waals surface area contributed by atoms with Gasteiger partial charge in [-0.1, -0.05) is 12.1 Å². The number of amides is 1.